The fourth-order valence-corrected chi connectivity index (χ4v) is 3.40. The third-order valence-corrected chi connectivity index (χ3v) is 4.42. The molecule has 1 spiro atoms. The molecule has 0 N–H and O–H groups in total. The van der Waals surface area contributed by atoms with E-state index in [0.29, 0.717) is 6.04 Å². The maximum atomic E-state index is 11.5. The van der Waals surface area contributed by atoms with Crippen molar-refractivity contribution in [3.05, 3.63) is 23.9 Å². The lowest BCUT2D eigenvalue weighted by molar-refractivity contribution is -0.110. The second-order valence-electron chi connectivity index (χ2n) is 5.50. The molecule has 0 aromatic carbocycles. The minimum atomic E-state index is 0.168. The summed E-state index contributed by atoms with van der Waals surface area (Å²) in [6.07, 6.45) is 9.49. The van der Waals surface area contributed by atoms with E-state index >= 15 is 0 Å². The van der Waals surface area contributed by atoms with Crippen LogP contribution >= 0.6 is 0 Å². The van der Waals surface area contributed by atoms with E-state index in [1.807, 2.05) is 6.08 Å². The average Bonchev–Trinajstić information content (AvgIpc) is 2.86. The highest BCUT2D eigenvalue weighted by Crippen LogP contribution is 2.66. The lowest BCUT2D eigenvalue weighted by Crippen LogP contribution is -2.33. The molecule has 1 aliphatic heterocycles. The Balaban J connectivity index is 1.87. The van der Waals surface area contributed by atoms with Gasteiger partial charge in [-0.05, 0) is 31.8 Å². The number of carbonyl (C=O) groups is 1. The van der Waals surface area contributed by atoms with E-state index in [4.69, 9.17) is 0 Å². The van der Waals surface area contributed by atoms with Crippen molar-refractivity contribution in [2.45, 2.75) is 39.2 Å². The maximum absolute atomic E-state index is 11.5. The summed E-state index contributed by atoms with van der Waals surface area (Å²) in [6.45, 7) is 5.67. The van der Waals surface area contributed by atoms with Crippen LogP contribution in [0, 0.1) is 11.3 Å². The largest absolute Gasteiger partial charge is 0.371 e. The molecule has 0 aromatic heterocycles. The van der Waals surface area contributed by atoms with Crippen LogP contribution < -0.4 is 0 Å². The summed E-state index contributed by atoms with van der Waals surface area (Å²) in [7, 11) is 0. The van der Waals surface area contributed by atoms with Crippen molar-refractivity contribution in [1.82, 2.24) is 4.90 Å². The Morgan fingerprint density at radius 2 is 2.44 bits per heavy atom. The highest BCUT2D eigenvalue weighted by atomic mass is 16.1. The topological polar surface area (TPSA) is 20.3 Å². The normalized spacial score (nSPS) is 36.9. The van der Waals surface area contributed by atoms with Crippen molar-refractivity contribution >= 4 is 5.78 Å². The number of piperidine rings is 1. The van der Waals surface area contributed by atoms with E-state index in [-0.39, 0.29) is 11.2 Å². The Kier molecular flexibility index (Phi) is 2.04. The predicted octanol–water partition coefficient (Wildman–Crippen LogP) is 2.52. The molecule has 2 aliphatic carbocycles. The summed E-state index contributed by atoms with van der Waals surface area (Å²) in [5, 5.41) is 0. The third kappa shape index (κ3) is 1.22. The lowest BCUT2D eigenvalue weighted by Gasteiger charge is -2.32. The monoisotopic (exact) mass is 217 g/mol. The second kappa shape index (κ2) is 3.22. The number of hydrogen-bond acceptors (Lipinski definition) is 2. The zero-order valence-corrected chi connectivity index (χ0v) is 10.1. The van der Waals surface area contributed by atoms with Crippen LogP contribution in [-0.2, 0) is 4.79 Å². The van der Waals surface area contributed by atoms with Gasteiger partial charge in [-0.3, -0.25) is 4.79 Å². The van der Waals surface area contributed by atoms with E-state index in [1.54, 1.807) is 6.08 Å². The van der Waals surface area contributed by atoms with Crippen LogP contribution in [0.3, 0.4) is 0 Å². The van der Waals surface area contributed by atoms with E-state index in [0.717, 1.165) is 12.5 Å². The number of hydrogen-bond donors (Lipinski definition) is 0. The van der Waals surface area contributed by atoms with E-state index < -0.39 is 0 Å². The molecule has 3 atom stereocenters. The van der Waals surface area contributed by atoms with E-state index in [9.17, 15) is 4.79 Å². The Labute approximate surface area is 97.0 Å². The molecule has 1 heterocycles. The van der Waals surface area contributed by atoms with Crippen LogP contribution in [0.4, 0.5) is 0 Å². The molecule has 0 aromatic rings. The first kappa shape index (κ1) is 10.1. The van der Waals surface area contributed by atoms with Gasteiger partial charge >= 0.3 is 0 Å². The molecular weight excluding hydrogens is 198 g/mol. The molecule has 3 unspecified atom stereocenters. The first-order valence-corrected chi connectivity index (χ1v) is 6.39. The van der Waals surface area contributed by atoms with E-state index in [2.05, 4.69) is 24.8 Å². The number of allylic oxidation sites excluding steroid dienone is 3. The zero-order chi connectivity index (χ0) is 11.3. The van der Waals surface area contributed by atoms with Crippen molar-refractivity contribution < 1.29 is 4.79 Å². The van der Waals surface area contributed by atoms with Crippen molar-refractivity contribution in [2.75, 3.05) is 6.54 Å². The fraction of sp³-hybridized carbons (Fsp3) is 0.643. The summed E-state index contributed by atoms with van der Waals surface area (Å²) in [5.41, 5.74) is 1.58. The molecule has 16 heavy (non-hydrogen) atoms. The number of likely N-dealkylation sites (tertiary alicyclic amines) is 1. The Morgan fingerprint density at radius 3 is 3.19 bits per heavy atom. The minimum Gasteiger partial charge on any atom is -0.371 e. The van der Waals surface area contributed by atoms with Crippen LogP contribution in [0.25, 0.3) is 0 Å². The van der Waals surface area contributed by atoms with Gasteiger partial charge in [-0.2, -0.15) is 0 Å². The highest BCUT2D eigenvalue weighted by Gasteiger charge is 2.62. The van der Waals surface area contributed by atoms with Gasteiger partial charge in [0, 0.05) is 29.8 Å². The SMILES string of the molecule is CCCC(C)N1CC2CC23C=CC(=O)C=C13. The molecule has 0 radical (unpaired) electrons. The van der Waals surface area contributed by atoms with Crippen molar-refractivity contribution in [1.29, 1.82) is 0 Å². The number of carbonyl (C=O) groups excluding carboxylic acids is 1. The lowest BCUT2D eigenvalue weighted by atomic mass is 9.94. The van der Waals surface area contributed by atoms with Crippen molar-refractivity contribution in [2.24, 2.45) is 11.3 Å². The smallest absolute Gasteiger partial charge is 0.180 e. The Morgan fingerprint density at radius 1 is 1.62 bits per heavy atom. The van der Waals surface area contributed by atoms with Gasteiger partial charge in [0.2, 0.25) is 0 Å². The third-order valence-electron chi connectivity index (χ3n) is 4.42. The first-order valence-electron chi connectivity index (χ1n) is 6.39. The average molecular weight is 217 g/mol. The van der Waals surface area contributed by atoms with Gasteiger partial charge in [-0.15, -0.1) is 0 Å². The summed E-state index contributed by atoms with van der Waals surface area (Å²) < 4.78 is 0. The van der Waals surface area contributed by atoms with Crippen LogP contribution in [0.2, 0.25) is 0 Å². The molecule has 3 aliphatic rings. The molecule has 3 rings (SSSR count). The maximum Gasteiger partial charge on any atom is 0.180 e. The second-order valence-corrected chi connectivity index (χ2v) is 5.50. The molecule has 0 amide bonds. The molecule has 86 valence electrons. The molecule has 2 heteroatoms. The van der Waals surface area contributed by atoms with Gasteiger partial charge in [0.1, 0.15) is 0 Å². The summed E-state index contributed by atoms with van der Waals surface area (Å²) in [4.78, 5) is 14.0. The van der Waals surface area contributed by atoms with Gasteiger partial charge in [-0.25, -0.2) is 0 Å². The molecule has 0 bridgehead atoms. The molecule has 1 saturated heterocycles. The van der Waals surface area contributed by atoms with Crippen LogP contribution in [0.15, 0.2) is 23.9 Å². The highest BCUT2D eigenvalue weighted by molar-refractivity contribution is 6.01. The molecule has 1 saturated carbocycles. The number of nitrogens with zero attached hydrogens (tertiary/aromatic N) is 1. The van der Waals surface area contributed by atoms with Crippen molar-refractivity contribution in [3.8, 4) is 0 Å². The minimum absolute atomic E-state index is 0.168. The predicted molar refractivity (Wildman–Crippen MR) is 63.8 cm³/mol. The molecule has 2 fully saturated rings. The zero-order valence-electron chi connectivity index (χ0n) is 10.1. The van der Waals surface area contributed by atoms with Gasteiger partial charge in [-0.1, -0.05) is 19.4 Å². The molecule has 2 nitrogen and oxygen atoms in total. The Bertz CT molecular complexity index is 396. The standard InChI is InChI=1S/C14H19NO/c1-3-4-10(2)15-9-11-8-14(11)6-5-12(16)7-13(14)15/h5-7,10-11H,3-4,8-9H2,1-2H3. The fourth-order valence-electron chi connectivity index (χ4n) is 3.40. The number of ketones is 1. The van der Waals surface area contributed by atoms with Crippen molar-refractivity contribution in [3.63, 3.8) is 0 Å². The summed E-state index contributed by atoms with van der Waals surface area (Å²) in [5.74, 6) is 0.948. The Hall–Kier alpha value is -1.05. The van der Waals surface area contributed by atoms with Crippen LogP contribution in [0.1, 0.15) is 33.1 Å². The van der Waals surface area contributed by atoms with Gasteiger partial charge < -0.3 is 4.90 Å². The van der Waals surface area contributed by atoms with Gasteiger partial charge in [0.05, 0.1) is 0 Å². The summed E-state index contributed by atoms with van der Waals surface area (Å²) in [6, 6.07) is 0.584. The van der Waals surface area contributed by atoms with Crippen LogP contribution in [-0.4, -0.2) is 23.3 Å². The quantitative estimate of drug-likeness (QED) is 0.724. The summed E-state index contributed by atoms with van der Waals surface area (Å²) >= 11 is 0. The van der Waals surface area contributed by atoms with Crippen LogP contribution in [0.5, 0.6) is 0 Å². The van der Waals surface area contributed by atoms with E-state index in [1.165, 1.54) is 25.0 Å². The van der Waals surface area contributed by atoms with Gasteiger partial charge in [0.15, 0.2) is 5.78 Å². The number of rotatable bonds is 3. The first-order chi connectivity index (χ1) is 7.67. The van der Waals surface area contributed by atoms with Gasteiger partial charge in [0.25, 0.3) is 0 Å². The molecular formula is C14H19NO.